The highest BCUT2D eigenvalue weighted by atomic mass is 16.5. The molecular weight excluding hydrogens is 268 g/mol. The first-order valence-corrected chi connectivity index (χ1v) is 6.21. The van der Waals surface area contributed by atoms with Crippen LogP contribution < -0.4 is 5.32 Å². The van der Waals surface area contributed by atoms with E-state index in [1.54, 1.807) is 0 Å². The summed E-state index contributed by atoms with van der Waals surface area (Å²) in [6.07, 6.45) is 1.10. The van der Waals surface area contributed by atoms with E-state index in [1.165, 1.54) is 11.8 Å². The van der Waals surface area contributed by atoms with Crippen LogP contribution in [0.25, 0.3) is 0 Å². The number of rotatable bonds is 7. The highest BCUT2D eigenvalue weighted by Crippen LogP contribution is 1.96. The molecule has 0 aliphatic carbocycles. The molecule has 0 spiro atoms. The quantitative estimate of drug-likeness (QED) is 0.461. The van der Waals surface area contributed by atoms with Crippen LogP contribution >= 0.6 is 0 Å². The van der Waals surface area contributed by atoms with Crippen molar-refractivity contribution in [1.82, 2.24) is 10.2 Å². The van der Waals surface area contributed by atoms with Gasteiger partial charge < -0.3 is 24.8 Å². The monoisotopic (exact) mass is 286 g/mol. The summed E-state index contributed by atoms with van der Waals surface area (Å²) in [4.78, 5) is 35.0. The Morgan fingerprint density at radius 2 is 2.05 bits per heavy atom. The van der Waals surface area contributed by atoms with Crippen LogP contribution in [0.4, 0.5) is 4.79 Å². The summed E-state index contributed by atoms with van der Waals surface area (Å²) >= 11 is 0. The molecule has 0 saturated carbocycles. The van der Waals surface area contributed by atoms with Crippen LogP contribution in [0.15, 0.2) is 12.2 Å². The second-order valence-corrected chi connectivity index (χ2v) is 4.20. The van der Waals surface area contributed by atoms with Crippen molar-refractivity contribution in [2.45, 2.75) is 13.0 Å². The van der Waals surface area contributed by atoms with Crippen molar-refractivity contribution in [3.8, 4) is 0 Å². The van der Waals surface area contributed by atoms with Gasteiger partial charge in [-0.15, -0.1) is 0 Å². The van der Waals surface area contributed by atoms with Crippen molar-refractivity contribution in [3.05, 3.63) is 12.2 Å². The van der Waals surface area contributed by atoms with E-state index in [-0.39, 0.29) is 19.2 Å². The molecule has 0 bridgehead atoms. The van der Waals surface area contributed by atoms with E-state index in [0.717, 1.165) is 12.2 Å². The molecule has 1 saturated heterocycles. The molecular formula is C12H18N2O6. The molecule has 1 aliphatic heterocycles. The van der Waals surface area contributed by atoms with Gasteiger partial charge in [-0.3, -0.25) is 0 Å². The van der Waals surface area contributed by atoms with E-state index in [0.29, 0.717) is 19.6 Å². The first-order chi connectivity index (χ1) is 9.49. The lowest BCUT2D eigenvalue weighted by Gasteiger charge is -2.13. The highest BCUT2D eigenvalue weighted by Gasteiger charge is 2.18. The van der Waals surface area contributed by atoms with Gasteiger partial charge in [-0.05, 0) is 6.92 Å². The highest BCUT2D eigenvalue weighted by molar-refractivity contribution is 5.91. The predicted octanol–water partition coefficient (Wildman–Crippen LogP) is -0.965. The number of ether oxygens (including phenoxy) is 2. The number of hydrogen-bond donors (Lipinski definition) is 2. The zero-order valence-electron chi connectivity index (χ0n) is 11.2. The fraction of sp³-hybridized carbons (Fsp3) is 0.583. The number of carbonyl (C=O) groups excluding carboxylic acids is 3. The van der Waals surface area contributed by atoms with Crippen LogP contribution in [-0.2, 0) is 19.1 Å². The maximum Gasteiger partial charge on any atom is 0.331 e. The summed E-state index contributed by atoms with van der Waals surface area (Å²) in [5.41, 5.74) is 0. The number of nitrogens with zero attached hydrogens (tertiary/aromatic N) is 1. The molecule has 0 aromatic heterocycles. The van der Waals surface area contributed by atoms with Gasteiger partial charge in [0.2, 0.25) is 0 Å². The lowest BCUT2D eigenvalue weighted by atomic mass is 10.4. The minimum absolute atomic E-state index is 0.0549. The Hall–Kier alpha value is -2.09. The maximum atomic E-state index is 11.3. The van der Waals surface area contributed by atoms with Crippen molar-refractivity contribution >= 4 is 18.0 Å². The van der Waals surface area contributed by atoms with Gasteiger partial charge in [0.15, 0.2) is 0 Å². The normalized spacial score (nSPS) is 16.1. The number of aliphatic hydroxyl groups excluding tert-OH is 1. The van der Waals surface area contributed by atoms with E-state index in [2.05, 4.69) is 10.1 Å². The Balaban J connectivity index is 2.16. The van der Waals surface area contributed by atoms with E-state index in [4.69, 9.17) is 9.84 Å². The zero-order chi connectivity index (χ0) is 15.0. The molecule has 112 valence electrons. The van der Waals surface area contributed by atoms with Crippen LogP contribution in [0, 0.1) is 0 Å². The molecule has 2 N–H and O–H groups in total. The van der Waals surface area contributed by atoms with Gasteiger partial charge in [0.05, 0.1) is 12.6 Å². The number of aliphatic hydroxyl groups is 1. The average Bonchev–Trinajstić information content (AvgIpc) is 2.79. The Bertz CT molecular complexity index is 393. The molecule has 1 rings (SSSR count). The molecule has 1 fully saturated rings. The third kappa shape index (κ3) is 6.19. The van der Waals surface area contributed by atoms with Gasteiger partial charge in [0.1, 0.15) is 13.2 Å². The van der Waals surface area contributed by atoms with Gasteiger partial charge in [-0.25, -0.2) is 14.4 Å². The number of amides is 2. The lowest BCUT2D eigenvalue weighted by Crippen LogP contribution is -2.31. The second-order valence-electron chi connectivity index (χ2n) is 4.20. The van der Waals surface area contributed by atoms with E-state index in [9.17, 15) is 14.4 Å². The number of hydrogen-bond acceptors (Lipinski definition) is 6. The van der Waals surface area contributed by atoms with Crippen LogP contribution in [0.1, 0.15) is 6.92 Å². The smallest absolute Gasteiger partial charge is 0.331 e. The van der Waals surface area contributed by atoms with Gasteiger partial charge in [0.25, 0.3) is 0 Å². The van der Waals surface area contributed by atoms with Crippen molar-refractivity contribution < 1.29 is 29.0 Å². The SMILES string of the molecule is CC(O)COC(=O)C=CC(=O)OCCN1CCNC1=O. The van der Waals surface area contributed by atoms with E-state index in [1.807, 2.05) is 0 Å². The molecule has 20 heavy (non-hydrogen) atoms. The maximum absolute atomic E-state index is 11.3. The summed E-state index contributed by atoms with van der Waals surface area (Å²) < 4.78 is 9.43. The molecule has 1 heterocycles. The molecule has 1 unspecified atom stereocenters. The molecule has 0 aromatic rings. The van der Waals surface area contributed by atoms with Crippen molar-refractivity contribution in [2.24, 2.45) is 0 Å². The van der Waals surface area contributed by atoms with Crippen LogP contribution in [0.2, 0.25) is 0 Å². The molecule has 8 nitrogen and oxygen atoms in total. The van der Waals surface area contributed by atoms with Gasteiger partial charge in [0, 0.05) is 25.2 Å². The van der Waals surface area contributed by atoms with E-state index < -0.39 is 18.0 Å². The lowest BCUT2D eigenvalue weighted by molar-refractivity contribution is -0.142. The van der Waals surface area contributed by atoms with Gasteiger partial charge in [-0.1, -0.05) is 0 Å². The zero-order valence-corrected chi connectivity index (χ0v) is 11.2. The number of esters is 2. The van der Waals surface area contributed by atoms with Crippen LogP contribution in [0.3, 0.4) is 0 Å². The van der Waals surface area contributed by atoms with E-state index >= 15 is 0 Å². The van der Waals surface area contributed by atoms with Crippen molar-refractivity contribution in [3.63, 3.8) is 0 Å². The summed E-state index contributed by atoms with van der Waals surface area (Å²) in [6.45, 7) is 2.86. The molecule has 0 aromatic carbocycles. The Kier molecular flexibility index (Phi) is 6.51. The standard InChI is InChI=1S/C12H18N2O6/c1-9(15)8-20-11(17)3-2-10(16)19-7-6-14-5-4-13-12(14)18/h2-3,9,15H,4-8H2,1H3,(H,13,18). The molecule has 8 heteroatoms. The summed E-state index contributed by atoms with van der Waals surface area (Å²) in [5, 5.41) is 11.5. The first-order valence-electron chi connectivity index (χ1n) is 6.21. The fourth-order valence-electron chi connectivity index (χ4n) is 1.42. The summed E-state index contributed by atoms with van der Waals surface area (Å²) in [6, 6.07) is -0.182. The Morgan fingerprint density at radius 1 is 1.40 bits per heavy atom. The Labute approximate surface area is 116 Å². The van der Waals surface area contributed by atoms with Gasteiger partial charge >= 0.3 is 18.0 Å². The summed E-state index contributed by atoms with van der Waals surface area (Å²) in [7, 11) is 0. The third-order valence-electron chi connectivity index (χ3n) is 2.37. The fourth-order valence-corrected chi connectivity index (χ4v) is 1.42. The molecule has 1 aliphatic rings. The third-order valence-corrected chi connectivity index (χ3v) is 2.37. The average molecular weight is 286 g/mol. The summed E-state index contributed by atoms with van der Waals surface area (Å²) in [5.74, 6) is -1.43. The van der Waals surface area contributed by atoms with Gasteiger partial charge in [-0.2, -0.15) is 0 Å². The number of nitrogens with one attached hydrogen (secondary N) is 1. The van der Waals surface area contributed by atoms with Crippen LogP contribution in [-0.4, -0.2) is 66.9 Å². The van der Waals surface area contributed by atoms with Crippen molar-refractivity contribution in [1.29, 1.82) is 0 Å². The van der Waals surface area contributed by atoms with Crippen molar-refractivity contribution in [2.75, 3.05) is 32.8 Å². The molecule has 1 atom stereocenters. The minimum atomic E-state index is -0.758. The second kappa shape index (κ2) is 8.16. The molecule has 2 amide bonds. The predicted molar refractivity (Wildman–Crippen MR) is 67.7 cm³/mol. The number of urea groups is 1. The first kappa shape index (κ1) is 16.0. The minimum Gasteiger partial charge on any atom is -0.461 e. The molecule has 0 radical (unpaired) electrons. The van der Waals surface area contributed by atoms with Crippen LogP contribution in [0.5, 0.6) is 0 Å². The largest absolute Gasteiger partial charge is 0.461 e. The topological polar surface area (TPSA) is 105 Å². The Morgan fingerprint density at radius 3 is 2.60 bits per heavy atom. The number of carbonyl (C=O) groups is 3.